The van der Waals surface area contributed by atoms with Gasteiger partial charge >= 0.3 is 0 Å². The molecule has 6 nitrogen and oxygen atoms in total. The summed E-state index contributed by atoms with van der Waals surface area (Å²) < 4.78 is 0. The van der Waals surface area contributed by atoms with E-state index in [1.54, 1.807) is 42.5 Å². The number of pyridine rings is 2. The first-order chi connectivity index (χ1) is 12.5. The van der Waals surface area contributed by atoms with E-state index in [0.717, 1.165) is 0 Å². The number of halogens is 2. The standard InChI is InChI=1S/C18H12Cl2N4O2/c19-13-4-6-15(21-9-13)23-17(25)11-2-1-3-12(8-11)18(26)24-16-7-5-14(20)10-22-16/h1-10H,(H,21,23,25)(H,22,24,26). The molecule has 1 aromatic carbocycles. The van der Waals surface area contributed by atoms with Crippen LogP contribution in [0.3, 0.4) is 0 Å². The molecule has 3 rings (SSSR count). The lowest BCUT2D eigenvalue weighted by atomic mass is 10.1. The maximum absolute atomic E-state index is 12.3. The number of rotatable bonds is 4. The average Bonchev–Trinajstić information content (AvgIpc) is 2.65. The summed E-state index contributed by atoms with van der Waals surface area (Å²) in [4.78, 5) is 32.7. The third-order valence-corrected chi connectivity index (χ3v) is 3.77. The Morgan fingerprint density at radius 2 is 1.19 bits per heavy atom. The third kappa shape index (κ3) is 4.56. The number of nitrogens with zero attached hydrogens (tertiary/aromatic N) is 2. The van der Waals surface area contributed by atoms with Crippen LogP contribution in [0.1, 0.15) is 20.7 Å². The van der Waals surface area contributed by atoms with Crippen LogP contribution in [0.15, 0.2) is 60.9 Å². The normalized spacial score (nSPS) is 10.2. The average molecular weight is 387 g/mol. The van der Waals surface area contributed by atoms with Crippen molar-refractivity contribution in [3.63, 3.8) is 0 Å². The first-order valence-electron chi connectivity index (χ1n) is 7.47. The first kappa shape index (κ1) is 17.8. The Bertz CT molecular complexity index is 869. The number of benzene rings is 1. The quantitative estimate of drug-likeness (QED) is 0.700. The molecule has 0 aliphatic rings. The van der Waals surface area contributed by atoms with E-state index < -0.39 is 0 Å². The summed E-state index contributed by atoms with van der Waals surface area (Å²) in [5.41, 5.74) is 0.636. The summed E-state index contributed by atoms with van der Waals surface area (Å²) in [6.07, 6.45) is 2.86. The minimum atomic E-state index is -0.390. The zero-order chi connectivity index (χ0) is 18.5. The van der Waals surface area contributed by atoms with Gasteiger partial charge in [-0.1, -0.05) is 29.3 Å². The molecule has 0 atom stereocenters. The Morgan fingerprint density at radius 1 is 0.731 bits per heavy atom. The summed E-state index contributed by atoms with van der Waals surface area (Å²) in [6.45, 7) is 0. The van der Waals surface area contributed by atoms with Crippen molar-refractivity contribution in [2.45, 2.75) is 0 Å². The van der Waals surface area contributed by atoms with E-state index in [2.05, 4.69) is 20.6 Å². The number of carbonyl (C=O) groups excluding carboxylic acids is 2. The van der Waals surface area contributed by atoms with E-state index in [-0.39, 0.29) is 11.8 Å². The molecule has 2 heterocycles. The van der Waals surface area contributed by atoms with Gasteiger partial charge in [-0.2, -0.15) is 0 Å². The van der Waals surface area contributed by atoms with Gasteiger partial charge in [0.25, 0.3) is 11.8 Å². The van der Waals surface area contributed by atoms with Crippen molar-refractivity contribution in [2.24, 2.45) is 0 Å². The molecule has 26 heavy (non-hydrogen) atoms. The molecule has 8 heteroatoms. The highest BCUT2D eigenvalue weighted by Crippen LogP contribution is 2.14. The van der Waals surface area contributed by atoms with Crippen molar-refractivity contribution in [3.8, 4) is 0 Å². The van der Waals surface area contributed by atoms with Crippen molar-refractivity contribution >= 4 is 46.7 Å². The predicted octanol–water partition coefficient (Wildman–Crippen LogP) is 4.29. The zero-order valence-electron chi connectivity index (χ0n) is 13.2. The number of nitrogens with one attached hydrogen (secondary N) is 2. The van der Waals surface area contributed by atoms with Crippen molar-refractivity contribution in [2.75, 3.05) is 10.6 Å². The van der Waals surface area contributed by atoms with Gasteiger partial charge in [0.1, 0.15) is 11.6 Å². The van der Waals surface area contributed by atoms with Crippen molar-refractivity contribution in [3.05, 3.63) is 82.1 Å². The highest BCUT2D eigenvalue weighted by Gasteiger charge is 2.12. The molecule has 0 aliphatic carbocycles. The number of amides is 2. The van der Waals surface area contributed by atoms with Crippen LogP contribution in [-0.2, 0) is 0 Å². The number of carbonyl (C=O) groups is 2. The second kappa shape index (κ2) is 7.95. The molecule has 0 spiro atoms. The molecule has 0 aliphatic heterocycles. The van der Waals surface area contributed by atoms with Gasteiger partial charge in [-0.05, 0) is 42.5 Å². The monoisotopic (exact) mass is 386 g/mol. The summed E-state index contributed by atoms with van der Waals surface area (Å²) >= 11 is 11.5. The van der Waals surface area contributed by atoms with E-state index in [9.17, 15) is 9.59 Å². The van der Waals surface area contributed by atoms with Crippen LogP contribution in [0, 0.1) is 0 Å². The second-order valence-electron chi connectivity index (χ2n) is 5.21. The molecule has 0 unspecified atom stereocenters. The van der Waals surface area contributed by atoms with E-state index in [1.165, 1.54) is 18.5 Å². The molecule has 2 N–H and O–H groups in total. The van der Waals surface area contributed by atoms with Crippen LogP contribution in [0.4, 0.5) is 11.6 Å². The lowest BCUT2D eigenvalue weighted by molar-refractivity contribution is 0.102. The molecule has 2 aromatic heterocycles. The fourth-order valence-corrected chi connectivity index (χ4v) is 2.30. The van der Waals surface area contributed by atoms with Gasteiger partial charge in [0.2, 0.25) is 0 Å². The molecule has 0 saturated heterocycles. The fourth-order valence-electron chi connectivity index (χ4n) is 2.08. The van der Waals surface area contributed by atoms with Gasteiger partial charge in [-0.3, -0.25) is 9.59 Å². The maximum atomic E-state index is 12.3. The van der Waals surface area contributed by atoms with E-state index in [4.69, 9.17) is 23.2 Å². The Kier molecular flexibility index (Phi) is 5.46. The predicted molar refractivity (Wildman–Crippen MR) is 101 cm³/mol. The SMILES string of the molecule is O=C(Nc1ccc(Cl)cn1)c1cccc(C(=O)Nc2ccc(Cl)cn2)c1. The van der Waals surface area contributed by atoms with Crippen molar-refractivity contribution < 1.29 is 9.59 Å². The molecular formula is C18H12Cl2N4O2. The fraction of sp³-hybridized carbons (Fsp3) is 0. The Labute approximate surface area is 159 Å². The zero-order valence-corrected chi connectivity index (χ0v) is 14.8. The smallest absolute Gasteiger partial charge is 0.256 e. The number of aromatic nitrogens is 2. The van der Waals surface area contributed by atoms with Crippen LogP contribution in [-0.4, -0.2) is 21.8 Å². The topological polar surface area (TPSA) is 84.0 Å². The summed E-state index contributed by atoms with van der Waals surface area (Å²) in [6, 6.07) is 12.7. The number of anilines is 2. The summed E-state index contributed by atoms with van der Waals surface area (Å²) in [5.74, 6) is -0.0579. The van der Waals surface area contributed by atoms with Crippen LogP contribution < -0.4 is 10.6 Å². The molecule has 2 amide bonds. The van der Waals surface area contributed by atoms with Crippen LogP contribution in [0.2, 0.25) is 10.0 Å². The molecule has 0 fully saturated rings. The third-order valence-electron chi connectivity index (χ3n) is 3.32. The minimum absolute atomic E-state index is 0.318. The largest absolute Gasteiger partial charge is 0.307 e. The Hall–Kier alpha value is -2.96. The van der Waals surface area contributed by atoms with Crippen molar-refractivity contribution in [1.82, 2.24) is 9.97 Å². The van der Waals surface area contributed by atoms with Crippen LogP contribution >= 0.6 is 23.2 Å². The molecule has 130 valence electrons. The van der Waals surface area contributed by atoms with E-state index in [1.807, 2.05) is 0 Å². The molecule has 0 bridgehead atoms. The highest BCUT2D eigenvalue weighted by atomic mass is 35.5. The Balaban J connectivity index is 1.72. The van der Waals surface area contributed by atoms with E-state index in [0.29, 0.717) is 32.8 Å². The van der Waals surface area contributed by atoms with E-state index >= 15 is 0 Å². The van der Waals surface area contributed by atoms with Gasteiger partial charge < -0.3 is 10.6 Å². The number of hydrogen-bond donors (Lipinski definition) is 2. The highest BCUT2D eigenvalue weighted by molar-refractivity contribution is 6.30. The van der Waals surface area contributed by atoms with Gasteiger partial charge in [0.05, 0.1) is 10.0 Å². The van der Waals surface area contributed by atoms with Crippen LogP contribution in [0.25, 0.3) is 0 Å². The Morgan fingerprint density at radius 3 is 1.58 bits per heavy atom. The molecule has 0 saturated carbocycles. The number of hydrogen-bond acceptors (Lipinski definition) is 4. The molecular weight excluding hydrogens is 375 g/mol. The first-order valence-corrected chi connectivity index (χ1v) is 8.23. The summed E-state index contributed by atoms with van der Waals surface area (Å²) in [7, 11) is 0. The van der Waals surface area contributed by atoms with Gasteiger partial charge in [-0.25, -0.2) is 9.97 Å². The van der Waals surface area contributed by atoms with Crippen LogP contribution in [0.5, 0.6) is 0 Å². The lowest BCUT2D eigenvalue weighted by Crippen LogP contribution is -2.16. The van der Waals surface area contributed by atoms with Gasteiger partial charge in [0.15, 0.2) is 0 Å². The van der Waals surface area contributed by atoms with Gasteiger partial charge in [0, 0.05) is 23.5 Å². The summed E-state index contributed by atoms with van der Waals surface area (Å²) in [5, 5.41) is 6.22. The van der Waals surface area contributed by atoms with Crippen molar-refractivity contribution in [1.29, 1.82) is 0 Å². The minimum Gasteiger partial charge on any atom is -0.307 e. The maximum Gasteiger partial charge on any atom is 0.256 e. The van der Waals surface area contributed by atoms with Gasteiger partial charge in [-0.15, -0.1) is 0 Å². The molecule has 0 radical (unpaired) electrons. The lowest BCUT2D eigenvalue weighted by Gasteiger charge is -2.07. The second-order valence-corrected chi connectivity index (χ2v) is 6.09. The molecule has 3 aromatic rings.